The van der Waals surface area contributed by atoms with Crippen molar-refractivity contribution in [2.45, 2.75) is 19.4 Å². The van der Waals surface area contributed by atoms with E-state index in [1.54, 1.807) is 0 Å². The summed E-state index contributed by atoms with van der Waals surface area (Å²) in [4.78, 5) is 11.4. The highest BCUT2D eigenvalue weighted by molar-refractivity contribution is 5.77. The Balaban J connectivity index is 2.41. The second-order valence-electron chi connectivity index (χ2n) is 3.77. The van der Waals surface area contributed by atoms with Crippen LogP contribution in [0, 0.1) is 0 Å². The molecule has 1 aromatic carbocycles. The maximum Gasteiger partial charge on any atom is 0.246 e. The minimum Gasteiger partial charge on any atom is -0.394 e. The van der Waals surface area contributed by atoms with E-state index in [0.29, 0.717) is 13.0 Å². The van der Waals surface area contributed by atoms with Crippen molar-refractivity contribution in [3.8, 4) is 0 Å². The number of nitrogens with one attached hydrogen (secondary N) is 1. The van der Waals surface area contributed by atoms with Gasteiger partial charge in [-0.25, -0.2) is 0 Å². The molecule has 0 aliphatic carbocycles. The number of amides is 1. The molecule has 17 heavy (non-hydrogen) atoms. The van der Waals surface area contributed by atoms with E-state index >= 15 is 0 Å². The lowest BCUT2D eigenvalue weighted by atomic mass is 10.1. The van der Waals surface area contributed by atoms with Crippen LogP contribution in [-0.4, -0.2) is 36.9 Å². The third-order valence-corrected chi connectivity index (χ3v) is 2.35. The molecule has 0 saturated carbocycles. The molecule has 0 aliphatic heterocycles. The third kappa shape index (κ3) is 5.47. The van der Waals surface area contributed by atoms with Crippen LogP contribution in [0.4, 0.5) is 0 Å². The number of hydrogen-bond acceptors (Lipinski definition) is 3. The maximum absolute atomic E-state index is 11.4. The average Bonchev–Trinajstić information content (AvgIpc) is 2.36. The Morgan fingerprint density at radius 3 is 2.71 bits per heavy atom. The van der Waals surface area contributed by atoms with Gasteiger partial charge in [0.1, 0.15) is 6.61 Å². The molecular formula is C13H19NO3. The topological polar surface area (TPSA) is 58.6 Å². The minimum atomic E-state index is -0.259. The molecule has 2 N–H and O–H groups in total. The largest absolute Gasteiger partial charge is 0.394 e. The monoisotopic (exact) mass is 237 g/mol. The highest BCUT2D eigenvalue weighted by Crippen LogP contribution is 2.02. The molecule has 1 amide bonds. The van der Waals surface area contributed by atoms with Crippen molar-refractivity contribution in [3.63, 3.8) is 0 Å². The van der Waals surface area contributed by atoms with E-state index in [2.05, 4.69) is 5.32 Å². The van der Waals surface area contributed by atoms with Gasteiger partial charge in [0.15, 0.2) is 0 Å². The van der Waals surface area contributed by atoms with Crippen LogP contribution in [0.15, 0.2) is 30.3 Å². The van der Waals surface area contributed by atoms with Gasteiger partial charge in [0.05, 0.1) is 12.6 Å². The molecule has 94 valence electrons. The number of benzene rings is 1. The van der Waals surface area contributed by atoms with Crippen molar-refractivity contribution in [2.75, 3.05) is 19.8 Å². The van der Waals surface area contributed by atoms with Gasteiger partial charge < -0.3 is 15.2 Å². The molecule has 4 heteroatoms. The van der Waals surface area contributed by atoms with E-state index in [1.807, 2.05) is 37.3 Å². The molecule has 0 heterocycles. The van der Waals surface area contributed by atoms with E-state index in [-0.39, 0.29) is 25.2 Å². The van der Waals surface area contributed by atoms with Crippen LogP contribution in [-0.2, 0) is 16.0 Å². The third-order valence-electron chi connectivity index (χ3n) is 2.35. The number of rotatable bonds is 7. The highest BCUT2D eigenvalue weighted by atomic mass is 16.5. The molecule has 0 fully saturated rings. The van der Waals surface area contributed by atoms with Crippen molar-refractivity contribution < 1.29 is 14.6 Å². The molecule has 4 nitrogen and oxygen atoms in total. The Labute approximate surface area is 102 Å². The molecule has 0 bridgehead atoms. The smallest absolute Gasteiger partial charge is 0.246 e. The summed E-state index contributed by atoms with van der Waals surface area (Å²) < 4.78 is 5.00. The number of carbonyl (C=O) groups is 1. The van der Waals surface area contributed by atoms with Crippen molar-refractivity contribution in [2.24, 2.45) is 0 Å². The first-order chi connectivity index (χ1) is 8.26. The number of carbonyl (C=O) groups excluding carboxylic acids is 1. The lowest BCUT2D eigenvalue weighted by molar-refractivity contribution is -0.126. The molecule has 0 spiro atoms. The first-order valence-corrected chi connectivity index (χ1v) is 5.78. The van der Waals surface area contributed by atoms with Gasteiger partial charge in [-0.1, -0.05) is 30.3 Å². The fourth-order valence-electron chi connectivity index (χ4n) is 1.52. The molecule has 0 saturated heterocycles. The lowest BCUT2D eigenvalue weighted by Gasteiger charge is -2.16. The first kappa shape index (κ1) is 13.7. The fraction of sp³-hybridized carbons (Fsp3) is 0.462. The molecule has 0 radical (unpaired) electrons. The molecule has 1 rings (SSSR count). The maximum atomic E-state index is 11.4. The number of aliphatic hydroxyl groups excluding tert-OH is 1. The quantitative estimate of drug-likeness (QED) is 0.735. The van der Waals surface area contributed by atoms with Crippen LogP contribution in [0.3, 0.4) is 0 Å². The standard InChI is InChI=1S/C13H19NO3/c1-2-17-10-13(16)14-12(9-15)8-11-6-4-3-5-7-11/h3-7,12,15H,2,8-10H2,1H3,(H,14,16)/t12-/m0/s1. The van der Waals surface area contributed by atoms with Gasteiger partial charge in [0.25, 0.3) is 0 Å². The summed E-state index contributed by atoms with van der Waals surface area (Å²) in [6, 6.07) is 9.49. The molecule has 0 aromatic heterocycles. The van der Waals surface area contributed by atoms with Crippen LogP contribution in [0.5, 0.6) is 0 Å². The summed E-state index contributed by atoms with van der Waals surface area (Å²) >= 11 is 0. The average molecular weight is 237 g/mol. The second-order valence-corrected chi connectivity index (χ2v) is 3.77. The molecule has 0 aliphatic rings. The van der Waals surface area contributed by atoms with Gasteiger partial charge in [-0.05, 0) is 18.9 Å². The zero-order valence-electron chi connectivity index (χ0n) is 10.1. The number of ether oxygens (including phenoxy) is 1. The zero-order chi connectivity index (χ0) is 12.5. The van der Waals surface area contributed by atoms with Crippen molar-refractivity contribution in [1.29, 1.82) is 0 Å². The predicted octanol–water partition coefficient (Wildman–Crippen LogP) is 0.743. The van der Waals surface area contributed by atoms with E-state index in [9.17, 15) is 9.90 Å². The Kier molecular flexibility index (Phi) is 6.29. The lowest BCUT2D eigenvalue weighted by Crippen LogP contribution is -2.41. The molecule has 1 aromatic rings. The SMILES string of the molecule is CCOCC(=O)N[C@H](CO)Cc1ccccc1. The van der Waals surface area contributed by atoms with Crippen LogP contribution in [0.2, 0.25) is 0 Å². The fourth-order valence-corrected chi connectivity index (χ4v) is 1.52. The van der Waals surface area contributed by atoms with Gasteiger partial charge in [0.2, 0.25) is 5.91 Å². The van der Waals surface area contributed by atoms with Gasteiger partial charge in [-0.2, -0.15) is 0 Å². The van der Waals surface area contributed by atoms with Crippen molar-refractivity contribution >= 4 is 5.91 Å². The van der Waals surface area contributed by atoms with Crippen LogP contribution in [0.25, 0.3) is 0 Å². The Morgan fingerprint density at radius 1 is 1.41 bits per heavy atom. The number of aliphatic hydroxyl groups is 1. The summed E-state index contributed by atoms with van der Waals surface area (Å²) in [5, 5.41) is 11.9. The van der Waals surface area contributed by atoms with Crippen LogP contribution < -0.4 is 5.32 Å². The molecular weight excluding hydrogens is 218 g/mol. The van der Waals surface area contributed by atoms with Crippen molar-refractivity contribution in [1.82, 2.24) is 5.32 Å². The normalized spacial score (nSPS) is 12.1. The summed E-state index contributed by atoms with van der Waals surface area (Å²) in [5.74, 6) is -0.193. The highest BCUT2D eigenvalue weighted by Gasteiger charge is 2.11. The van der Waals surface area contributed by atoms with Gasteiger partial charge in [-0.3, -0.25) is 4.79 Å². The van der Waals surface area contributed by atoms with Gasteiger partial charge in [0, 0.05) is 6.61 Å². The van der Waals surface area contributed by atoms with Gasteiger partial charge >= 0.3 is 0 Å². The van der Waals surface area contributed by atoms with E-state index in [1.165, 1.54) is 0 Å². The molecule has 1 atom stereocenters. The van der Waals surface area contributed by atoms with Gasteiger partial charge in [-0.15, -0.1) is 0 Å². The van der Waals surface area contributed by atoms with E-state index < -0.39 is 0 Å². The first-order valence-electron chi connectivity index (χ1n) is 5.78. The Hall–Kier alpha value is -1.39. The predicted molar refractivity (Wildman–Crippen MR) is 65.7 cm³/mol. The summed E-state index contributed by atoms with van der Waals surface area (Å²) in [7, 11) is 0. The Bertz CT molecular complexity index is 327. The summed E-state index contributed by atoms with van der Waals surface area (Å²) in [6.07, 6.45) is 0.620. The minimum absolute atomic E-state index is 0.0434. The number of hydrogen-bond donors (Lipinski definition) is 2. The van der Waals surface area contributed by atoms with Crippen LogP contribution in [0.1, 0.15) is 12.5 Å². The summed E-state index contributed by atoms with van der Waals surface area (Å²) in [5.41, 5.74) is 1.09. The van der Waals surface area contributed by atoms with Crippen LogP contribution >= 0.6 is 0 Å². The summed E-state index contributed by atoms with van der Waals surface area (Å²) in [6.45, 7) is 2.31. The Morgan fingerprint density at radius 2 is 2.12 bits per heavy atom. The second kappa shape index (κ2) is 7.81. The van der Waals surface area contributed by atoms with Crippen molar-refractivity contribution in [3.05, 3.63) is 35.9 Å². The molecule has 0 unspecified atom stereocenters. The van der Waals surface area contributed by atoms with E-state index in [0.717, 1.165) is 5.56 Å². The zero-order valence-corrected chi connectivity index (χ0v) is 10.1. The van der Waals surface area contributed by atoms with E-state index in [4.69, 9.17) is 4.74 Å².